The summed E-state index contributed by atoms with van der Waals surface area (Å²) in [5.41, 5.74) is 3.77. The highest BCUT2D eigenvalue weighted by molar-refractivity contribution is 6.35. The first-order valence-electron chi connectivity index (χ1n) is 9.87. The average Bonchev–Trinajstić information content (AvgIpc) is 2.77. The second kappa shape index (κ2) is 9.43. The van der Waals surface area contributed by atoms with Crippen LogP contribution < -0.4 is 10.6 Å². The van der Waals surface area contributed by atoms with Gasteiger partial charge in [-0.3, -0.25) is 0 Å². The average molecular weight is 437 g/mol. The molecule has 0 unspecified atom stereocenters. The van der Waals surface area contributed by atoms with Gasteiger partial charge in [0.2, 0.25) is 0 Å². The van der Waals surface area contributed by atoms with E-state index < -0.39 is 0 Å². The summed E-state index contributed by atoms with van der Waals surface area (Å²) in [6, 6.07) is 21.7. The molecule has 0 amide bonds. The topological polar surface area (TPSA) is 49.8 Å². The molecule has 4 nitrogen and oxygen atoms in total. The summed E-state index contributed by atoms with van der Waals surface area (Å²) < 4.78 is 0. The second-order valence-electron chi connectivity index (χ2n) is 7.01. The number of nitrogens with one attached hydrogen (secondary N) is 2. The Labute approximate surface area is 186 Å². The molecule has 0 bridgehead atoms. The minimum Gasteiger partial charge on any atom is -0.369 e. The molecule has 0 atom stereocenters. The fourth-order valence-corrected chi connectivity index (χ4v) is 3.77. The van der Waals surface area contributed by atoms with Crippen molar-refractivity contribution in [1.29, 1.82) is 0 Å². The number of rotatable bonds is 7. The number of para-hydroxylation sites is 1. The lowest BCUT2D eigenvalue weighted by Gasteiger charge is -2.12. The molecule has 0 saturated heterocycles. The largest absolute Gasteiger partial charge is 0.369 e. The number of anilines is 1. The minimum atomic E-state index is 0.612. The van der Waals surface area contributed by atoms with Crippen LogP contribution in [0.25, 0.3) is 33.4 Å². The predicted molar refractivity (Wildman–Crippen MR) is 127 cm³/mol. The number of hydrogen-bond donors (Lipinski definition) is 2. The molecule has 4 aromatic rings. The Hall–Kier alpha value is -2.66. The summed E-state index contributed by atoms with van der Waals surface area (Å²) >= 11 is 12.6. The van der Waals surface area contributed by atoms with Crippen molar-refractivity contribution in [2.75, 3.05) is 25.5 Å². The summed E-state index contributed by atoms with van der Waals surface area (Å²) in [7, 11) is 1.95. The van der Waals surface area contributed by atoms with E-state index in [-0.39, 0.29) is 0 Å². The Morgan fingerprint density at radius 3 is 2.33 bits per heavy atom. The lowest BCUT2D eigenvalue weighted by Crippen LogP contribution is -2.13. The number of aromatic nitrogens is 2. The Kier molecular flexibility index (Phi) is 6.48. The van der Waals surface area contributed by atoms with Gasteiger partial charge in [0.05, 0.1) is 10.5 Å². The summed E-state index contributed by atoms with van der Waals surface area (Å²) in [6.45, 7) is 1.74. The third-order valence-electron chi connectivity index (χ3n) is 4.85. The highest BCUT2D eigenvalue weighted by Crippen LogP contribution is 2.31. The van der Waals surface area contributed by atoms with E-state index in [1.54, 1.807) is 0 Å². The normalized spacial score (nSPS) is 11.0. The van der Waals surface area contributed by atoms with Gasteiger partial charge < -0.3 is 10.6 Å². The first-order valence-corrected chi connectivity index (χ1v) is 10.6. The lowest BCUT2D eigenvalue weighted by atomic mass is 10.0. The molecule has 1 heterocycles. The quantitative estimate of drug-likeness (QED) is 0.334. The van der Waals surface area contributed by atoms with Crippen LogP contribution in [0.15, 0.2) is 66.7 Å². The smallest absolute Gasteiger partial charge is 0.162 e. The van der Waals surface area contributed by atoms with Crippen LogP contribution in [0.5, 0.6) is 0 Å². The minimum absolute atomic E-state index is 0.612. The van der Waals surface area contributed by atoms with Crippen LogP contribution in [-0.4, -0.2) is 30.1 Å². The number of halogens is 2. The van der Waals surface area contributed by atoms with Gasteiger partial charge in [0.25, 0.3) is 0 Å². The van der Waals surface area contributed by atoms with Crippen molar-refractivity contribution in [3.8, 4) is 22.5 Å². The van der Waals surface area contributed by atoms with Gasteiger partial charge in [-0.15, -0.1) is 0 Å². The zero-order valence-corrected chi connectivity index (χ0v) is 18.1. The van der Waals surface area contributed by atoms with E-state index in [4.69, 9.17) is 33.2 Å². The van der Waals surface area contributed by atoms with Gasteiger partial charge in [-0.2, -0.15) is 0 Å². The monoisotopic (exact) mass is 436 g/mol. The van der Waals surface area contributed by atoms with Gasteiger partial charge in [-0.1, -0.05) is 59.6 Å². The molecule has 0 aliphatic carbocycles. The van der Waals surface area contributed by atoms with Crippen molar-refractivity contribution in [3.63, 3.8) is 0 Å². The van der Waals surface area contributed by atoms with Crippen LogP contribution in [0.1, 0.15) is 6.42 Å². The third kappa shape index (κ3) is 4.57. The Morgan fingerprint density at radius 1 is 0.800 bits per heavy atom. The fourth-order valence-electron chi connectivity index (χ4n) is 3.36. The van der Waals surface area contributed by atoms with E-state index >= 15 is 0 Å². The SMILES string of the molecule is CNCCCNc1nc(-c2cccc(-c3cccc(Cl)c3)c2)nc2c(Cl)cccc12. The molecule has 4 rings (SSSR count). The van der Waals surface area contributed by atoms with E-state index in [0.717, 1.165) is 52.9 Å². The van der Waals surface area contributed by atoms with E-state index in [2.05, 4.69) is 22.8 Å². The molecule has 152 valence electrons. The van der Waals surface area contributed by atoms with Gasteiger partial charge in [0.1, 0.15) is 5.82 Å². The molecule has 0 fully saturated rings. The van der Waals surface area contributed by atoms with Gasteiger partial charge in [0, 0.05) is 22.5 Å². The van der Waals surface area contributed by atoms with Crippen molar-refractivity contribution in [2.45, 2.75) is 6.42 Å². The summed E-state index contributed by atoms with van der Waals surface area (Å²) in [5.74, 6) is 1.43. The molecule has 0 saturated carbocycles. The van der Waals surface area contributed by atoms with E-state index in [1.807, 2.05) is 61.6 Å². The van der Waals surface area contributed by atoms with Crippen LogP contribution in [0.3, 0.4) is 0 Å². The van der Waals surface area contributed by atoms with E-state index in [0.29, 0.717) is 15.9 Å². The molecular formula is C24H22Cl2N4. The van der Waals surface area contributed by atoms with Gasteiger partial charge in [0.15, 0.2) is 5.82 Å². The molecule has 1 aromatic heterocycles. The highest BCUT2D eigenvalue weighted by Gasteiger charge is 2.12. The maximum absolute atomic E-state index is 6.47. The number of nitrogens with zero attached hydrogens (tertiary/aromatic N) is 2. The summed E-state index contributed by atoms with van der Waals surface area (Å²) in [4.78, 5) is 9.62. The molecule has 3 aromatic carbocycles. The molecule has 0 aliphatic heterocycles. The molecule has 2 N–H and O–H groups in total. The predicted octanol–water partition coefficient (Wildman–Crippen LogP) is 6.29. The first-order chi connectivity index (χ1) is 14.7. The van der Waals surface area contributed by atoms with Crippen LogP contribution >= 0.6 is 23.2 Å². The lowest BCUT2D eigenvalue weighted by molar-refractivity contribution is 0.747. The molecule has 6 heteroatoms. The highest BCUT2D eigenvalue weighted by atomic mass is 35.5. The molecule has 0 radical (unpaired) electrons. The standard InChI is InChI=1S/C24H22Cl2N4/c1-27-12-5-13-28-24-20-10-4-11-21(26)22(20)29-23(30-24)18-8-2-6-16(14-18)17-7-3-9-19(25)15-17/h2-4,6-11,14-15,27H,5,12-13H2,1H3,(H,28,29,30). The third-order valence-corrected chi connectivity index (χ3v) is 5.39. The molecular weight excluding hydrogens is 415 g/mol. The van der Waals surface area contributed by atoms with Crippen molar-refractivity contribution in [1.82, 2.24) is 15.3 Å². The second-order valence-corrected chi connectivity index (χ2v) is 7.85. The van der Waals surface area contributed by atoms with Crippen LogP contribution in [-0.2, 0) is 0 Å². The van der Waals surface area contributed by atoms with Crippen LogP contribution in [0.4, 0.5) is 5.82 Å². The summed E-state index contributed by atoms with van der Waals surface area (Å²) in [5, 5.41) is 8.84. The molecule has 30 heavy (non-hydrogen) atoms. The Bertz CT molecular complexity index is 1180. The number of fused-ring (bicyclic) bond motifs is 1. The molecule has 0 spiro atoms. The fraction of sp³-hybridized carbons (Fsp3) is 0.167. The van der Waals surface area contributed by atoms with Crippen LogP contribution in [0.2, 0.25) is 10.0 Å². The zero-order valence-electron chi connectivity index (χ0n) is 16.6. The van der Waals surface area contributed by atoms with Gasteiger partial charge >= 0.3 is 0 Å². The van der Waals surface area contributed by atoms with Crippen LogP contribution in [0, 0.1) is 0 Å². The first kappa shape index (κ1) is 20.6. The maximum Gasteiger partial charge on any atom is 0.162 e. The summed E-state index contributed by atoms with van der Waals surface area (Å²) in [6.07, 6.45) is 0.988. The number of hydrogen-bond acceptors (Lipinski definition) is 4. The van der Waals surface area contributed by atoms with Crippen molar-refractivity contribution < 1.29 is 0 Å². The Morgan fingerprint density at radius 2 is 1.53 bits per heavy atom. The van der Waals surface area contributed by atoms with Crippen molar-refractivity contribution in [3.05, 3.63) is 76.8 Å². The van der Waals surface area contributed by atoms with E-state index in [9.17, 15) is 0 Å². The van der Waals surface area contributed by atoms with Crippen molar-refractivity contribution in [2.24, 2.45) is 0 Å². The molecule has 0 aliphatic rings. The zero-order chi connectivity index (χ0) is 20.9. The maximum atomic E-state index is 6.47. The van der Waals surface area contributed by atoms with Gasteiger partial charge in [-0.25, -0.2) is 9.97 Å². The van der Waals surface area contributed by atoms with E-state index in [1.165, 1.54) is 0 Å². The number of benzene rings is 3. The Balaban J connectivity index is 1.77. The van der Waals surface area contributed by atoms with Gasteiger partial charge in [-0.05, 0) is 61.5 Å². The van der Waals surface area contributed by atoms with Crippen molar-refractivity contribution >= 4 is 39.9 Å².